The molecule has 19 heavy (non-hydrogen) atoms. The summed E-state index contributed by atoms with van der Waals surface area (Å²) in [6.07, 6.45) is -3.89. The lowest BCUT2D eigenvalue weighted by Crippen LogP contribution is -2.53. The van der Waals surface area contributed by atoms with Crippen LogP contribution in [0.1, 0.15) is 23.2 Å². The Hall–Kier alpha value is -1.56. The molecule has 0 aromatic heterocycles. The highest BCUT2D eigenvalue weighted by atomic mass is 19.4. The number of nitrogens with one attached hydrogen (secondary N) is 2. The van der Waals surface area contributed by atoms with Crippen molar-refractivity contribution in [1.29, 1.82) is 0 Å². The monoisotopic (exact) mass is 272 g/mol. The fourth-order valence-corrected chi connectivity index (χ4v) is 2.16. The van der Waals surface area contributed by atoms with Gasteiger partial charge in [0.1, 0.15) is 6.04 Å². The van der Waals surface area contributed by atoms with Crippen molar-refractivity contribution in [3.05, 3.63) is 35.9 Å². The summed E-state index contributed by atoms with van der Waals surface area (Å²) in [6, 6.07) is 6.50. The molecule has 1 aliphatic heterocycles. The van der Waals surface area contributed by atoms with Gasteiger partial charge in [0.2, 0.25) is 0 Å². The Labute approximate surface area is 109 Å². The molecule has 0 spiro atoms. The highest BCUT2D eigenvalue weighted by Gasteiger charge is 2.42. The van der Waals surface area contributed by atoms with E-state index in [0.29, 0.717) is 12.0 Å². The van der Waals surface area contributed by atoms with Crippen molar-refractivity contribution in [1.82, 2.24) is 10.6 Å². The Morgan fingerprint density at radius 3 is 2.58 bits per heavy atom. The standard InChI is InChI=1S/C13H15F3N2O/c14-13(15,16)11-8-10(6-7-17-11)18-12(19)9-4-2-1-3-5-9/h1-5,10-11,17H,6-8H2,(H,18,19)/t10-,11+/m1/s1. The Bertz CT molecular complexity index is 433. The number of piperidine rings is 1. The summed E-state index contributed by atoms with van der Waals surface area (Å²) in [6.45, 7) is 0.254. The van der Waals surface area contributed by atoms with Crippen LogP contribution in [0.15, 0.2) is 30.3 Å². The molecule has 1 saturated heterocycles. The summed E-state index contributed by atoms with van der Waals surface area (Å²) < 4.78 is 37.8. The summed E-state index contributed by atoms with van der Waals surface area (Å²) in [5, 5.41) is 5.08. The van der Waals surface area contributed by atoms with Crippen LogP contribution < -0.4 is 10.6 Å². The highest BCUT2D eigenvalue weighted by molar-refractivity contribution is 5.94. The minimum absolute atomic E-state index is 0.123. The number of rotatable bonds is 2. The third kappa shape index (κ3) is 3.70. The molecule has 1 aromatic carbocycles. The Kier molecular flexibility index (Phi) is 4.09. The van der Waals surface area contributed by atoms with E-state index in [1.54, 1.807) is 30.3 Å². The second-order valence-corrected chi connectivity index (χ2v) is 4.61. The largest absolute Gasteiger partial charge is 0.403 e. The first-order valence-electron chi connectivity index (χ1n) is 6.13. The van der Waals surface area contributed by atoms with E-state index in [4.69, 9.17) is 0 Å². The fraction of sp³-hybridized carbons (Fsp3) is 0.462. The van der Waals surface area contributed by atoms with Gasteiger partial charge in [-0.1, -0.05) is 18.2 Å². The summed E-state index contributed by atoms with van der Waals surface area (Å²) in [7, 11) is 0. The Morgan fingerprint density at radius 1 is 1.26 bits per heavy atom. The van der Waals surface area contributed by atoms with E-state index in [0.717, 1.165) is 0 Å². The molecule has 2 N–H and O–H groups in total. The molecular formula is C13H15F3N2O. The van der Waals surface area contributed by atoms with Gasteiger partial charge in [-0.2, -0.15) is 13.2 Å². The quantitative estimate of drug-likeness (QED) is 0.865. The Morgan fingerprint density at radius 2 is 1.95 bits per heavy atom. The lowest BCUT2D eigenvalue weighted by atomic mass is 9.98. The van der Waals surface area contributed by atoms with Gasteiger partial charge in [0.25, 0.3) is 5.91 Å². The lowest BCUT2D eigenvalue weighted by Gasteiger charge is -2.32. The predicted molar refractivity (Wildman–Crippen MR) is 64.8 cm³/mol. The number of amides is 1. The van der Waals surface area contributed by atoms with Crippen molar-refractivity contribution in [3.63, 3.8) is 0 Å². The number of benzene rings is 1. The first-order valence-corrected chi connectivity index (χ1v) is 6.13. The summed E-state index contributed by atoms with van der Waals surface area (Å²) in [5.74, 6) is -0.326. The average molecular weight is 272 g/mol. The zero-order chi connectivity index (χ0) is 13.9. The summed E-state index contributed by atoms with van der Waals surface area (Å²) in [4.78, 5) is 11.9. The van der Waals surface area contributed by atoms with Crippen LogP contribution >= 0.6 is 0 Å². The normalized spacial score (nSPS) is 23.9. The molecule has 0 bridgehead atoms. The van der Waals surface area contributed by atoms with Gasteiger partial charge < -0.3 is 10.6 Å². The van der Waals surface area contributed by atoms with Crippen LogP contribution in [0.4, 0.5) is 13.2 Å². The topological polar surface area (TPSA) is 41.1 Å². The molecule has 1 aliphatic rings. The smallest absolute Gasteiger partial charge is 0.349 e. The maximum atomic E-state index is 12.6. The molecule has 1 aromatic rings. The molecule has 1 fully saturated rings. The fourth-order valence-electron chi connectivity index (χ4n) is 2.16. The van der Waals surface area contributed by atoms with Crippen molar-refractivity contribution in [2.45, 2.75) is 31.1 Å². The number of alkyl halides is 3. The minimum atomic E-state index is -4.27. The molecule has 1 heterocycles. The number of halogens is 3. The van der Waals surface area contributed by atoms with Crippen LogP contribution in [0.2, 0.25) is 0 Å². The first-order chi connectivity index (χ1) is 8.97. The summed E-state index contributed by atoms with van der Waals surface area (Å²) >= 11 is 0. The van der Waals surface area contributed by atoms with Gasteiger partial charge in [0, 0.05) is 11.6 Å². The van der Waals surface area contributed by atoms with E-state index < -0.39 is 18.3 Å². The van der Waals surface area contributed by atoms with E-state index in [1.165, 1.54) is 0 Å². The van der Waals surface area contributed by atoms with Gasteiger partial charge in [-0.05, 0) is 31.5 Å². The molecule has 6 heteroatoms. The van der Waals surface area contributed by atoms with Crippen LogP contribution in [0.25, 0.3) is 0 Å². The third-order valence-corrected chi connectivity index (χ3v) is 3.17. The second-order valence-electron chi connectivity index (χ2n) is 4.61. The molecular weight excluding hydrogens is 257 g/mol. The summed E-state index contributed by atoms with van der Waals surface area (Å²) in [5.41, 5.74) is 0.463. The van der Waals surface area contributed by atoms with Crippen molar-refractivity contribution in [2.75, 3.05) is 6.54 Å². The molecule has 2 rings (SSSR count). The molecule has 104 valence electrons. The van der Waals surface area contributed by atoms with E-state index in [1.807, 2.05) is 0 Å². The molecule has 2 atom stereocenters. The molecule has 3 nitrogen and oxygen atoms in total. The van der Waals surface area contributed by atoms with Gasteiger partial charge in [0.15, 0.2) is 0 Å². The zero-order valence-electron chi connectivity index (χ0n) is 10.2. The average Bonchev–Trinajstić information content (AvgIpc) is 2.39. The zero-order valence-corrected chi connectivity index (χ0v) is 10.2. The van der Waals surface area contributed by atoms with E-state index in [9.17, 15) is 18.0 Å². The van der Waals surface area contributed by atoms with E-state index in [2.05, 4.69) is 10.6 Å². The third-order valence-electron chi connectivity index (χ3n) is 3.17. The second kappa shape index (κ2) is 5.61. The maximum Gasteiger partial charge on any atom is 0.403 e. The van der Waals surface area contributed by atoms with Crippen molar-refractivity contribution in [2.24, 2.45) is 0 Å². The predicted octanol–water partition coefficient (Wildman–Crippen LogP) is 2.10. The number of hydrogen-bond acceptors (Lipinski definition) is 2. The molecule has 0 radical (unpaired) electrons. The SMILES string of the molecule is O=C(N[C@@H]1CCN[C@H](C(F)(F)F)C1)c1ccccc1. The van der Waals surface area contributed by atoms with Crippen molar-refractivity contribution in [3.8, 4) is 0 Å². The minimum Gasteiger partial charge on any atom is -0.349 e. The molecule has 0 saturated carbocycles. The van der Waals surface area contributed by atoms with Gasteiger partial charge in [-0.3, -0.25) is 4.79 Å². The number of carbonyl (C=O) groups excluding carboxylic acids is 1. The van der Waals surface area contributed by atoms with E-state index >= 15 is 0 Å². The van der Waals surface area contributed by atoms with Gasteiger partial charge >= 0.3 is 6.18 Å². The first kappa shape index (κ1) is 13.9. The van der Waals surface area contributed by atoms with Gasteiger partial charge in [0.05, 0.1) is 0 Å². The van der Waals surface area contributed by atoms with Crippen LogP contribution in [0.5, 0.6) is 0 Å². The lowest BCUT2D eigenvalue weighted by molar-refractivity contribution is -0.161. The van der Waals surface area contributed by atoms with E-state index in [-0.39, 0.29) is 18.9 Å². The highest BCUT2D eigenvalue weighted by Crippen LogP contribution is 2.26. The molecule has 0 aliphatic carbocycles. The van der Waals surface area contributed by atoms with Crippen molar-refractivity contribution >= 4 is 5.91 Å². The molecule has 0 unspecified atom stereocenters. The Balaban J connectivity index is 1.94. The van der Waals surface area contributed by atoms with Gasteiger partial charge in [-0.25, -0.2) is 0 Å². The van der Waals surface area contributed by atoms with Gasteiger partial charge in [-0.15, -0.1) is 0 Å². The van der Waals surface area contributed by atoms with Crippen LogP contribution in [-0.2, 0) is 0 Å². The van der Waals surface area contributed by atoms with Crippen LogP contribution in [0, 0.1) is 0 Å². The number of hydrogen-bond donors (Lipinski definition) is 2. The van der Waals surface area contributed by atoms with Crippen LogP contribution in [0.3, 0.4) is 0 Å². The molecule has 1 amide bonds. The maximum absolute atomic E-state index is 12.6. The van der Waals surface area contributed by atoms with Crippen molar-refractivity contribution < 1.29 is 18.0 Å². The van der Waals surface area contributed by atoms with Crippen LogP contribution in [-0.4, -0.2) is 30.7 Å². The number of carbonyl (C=O) groups is 1.